The fraction of sp³-hybridized carbons (Fsp3) is 0.615. The fourth-order valence-corrected chi connectivity index (χ4v) is 2.31. The van der Waals surface area contributed by atoms with Crippen molar-refractivity contribution in [2.24, 2.45) is 5.92 Å². The maximum Gasteiger partial charge on any atom is 0.122 e. The number of nitrogens with one attached hydrogen (secondary N) is 1. The second kappa shape index (κ2) is 5.47. The Morgan fingerprint density at radius 2 is 2.35 bits per heavy atom. The number of ether oxygens (including phenoxy) is 1. The Morgan fingerprint density at radius 3 is 3.06 bits per heavy atom. The van der Waals surface area contributed by atoms with Gasteiger partial charge < -0.3 is 15.2 Å². The van der Waals surface area contributed by atoms with Gasteiger partial charge in [-0.15, -0.1) is 0 Å². The van der Waals surface area contributed by atoms with Crippen LogP contribution in [0.2, 0.25) is 0 Å². The molecule has 0 saturated carbocycles. The van der Waals surface area contributed by atoms with Crippen LogP contribution in [0.1, 0.15) is 17.8 Å². The van der Waals surface area contributed by atoms with Crippen molar-refractivity contribution in [2.75, 3.05) is 20.2 Å². The van der Waals surface area contributed by atoms with E-state index in [4.69, 9.17) is 4.74 Å². The van der Waals surface area contributed by atoms with E-state index < -0.39 is 0 Å². The van der Waals surface area contributed by atoms with Crippen LogP contribution >= 0.6 is 0 Å². The van der Waals surface area contributed by atoms with Gasteiger partial charge in [0.1, 0.15) is 5.75 Å². The van der Waals surface area contributed by atoms with Crippen molar-refractivity contribution < 1.29 is 9.84 Å². The van der Waals surface area contributed by atoms with E-state index in [1.54, 1.807) is 7.11 Å². The van der Waals surface area contributed by atoms with Crippen LogP contribution in [0.25, 0.3) is 0 Å². The zero-order valence-corrected chi connectivity index (χ0v) is 10.4. The number of aliphatic hydroxyl groups is 1. The number of rotatable bonds is 3. The smallest absolute Gasteiger partial charge is 0.122 e. The molecule has 1 aromatic heterocycles. The number of pyridine rings is 1. The van der Waals surface area contributed by atoms with Gasteiger partial charge in [-0.2, -0.15) is 0 Å². The molecule has 0 aromatic carbocycles. The first-order valence-electron chi connectivity index (χ1n) is 6.09. The van der Waals surface area contributed by atoms with E-state index in [1.807, 2.05) is 19.1 Å². The summed E-state index contributed by atoms with van der Waals surface area (Å²) in [5.41, 5.74) is 1.95. The van der Waals surface area contributed by atoms with E-state index >= 15 is 0 Å². The maximum atomic E-state index is 9.93. The number of hydrogen-bond acceptors (Lipinski definition) is 4. The van der Waals surface area contributed by atoms with E-state index in [9.17, 15) is 5.11 Å². The van der Waals surface area contributed by atoms with Gasteiger partial charge in [-0.3, -0.25) is 4.98 Å². The molecule has 1 aromatic rings. The van der Waals surface area contributed by atoms with Crippen molar-refractivity contribution in [3.8, 4) is 5.75 Å². The van der Waals surface area contributed by atoms with Gasteiger partial charge in [0.25, 0.3) is 0 Å². The molecular weight excluding hydrogens is 216 g/mol. The number of nitrogens with zero attached hydrogens (tertiary/aromatic N) is 1. The Morgan fingerprint density at radius 1 is 1.53 bits per heavy atom. The first kappa shape index (κ1) is 12.3. The van der Waals surface area contributed by atoms with Crippen molar-refractivity contribution in [3.63, 3.8) is 0 Å². The van der Waals surface area contributed by atoms with Crippen LogP contribution in [0.15, 0.2) is 12.1 Å². The Kier molecular flexibility index (Phi) is 3.97. The monoisotopic (exact) mass is 236 g/mol. The summed E-state index contributed by atoms with van der Waals surface area (Å²) in [7, 11) is 1.66. The van der Waals surface area contributed by atoms with E-state index in [-0.39, 0.29) is 12.0 Å². The Labute approximate surface area is 102 Å². The highest BCUT2D eigenvalue weighted by Gasteiger charge is 2.23. The summed E-state index contributed by atoms with van der Waals surface area (Å²) in [5.74, 6) is 1.09. The van der Waals surface area contributed by atoms with Crippen molar-refractivity contribution in [3.05, 3.63) is 23.5 Å². The summed E-state index contributed by atoms with van der Waals surface area (Å²) >= 11 is 0. The molecule has 1 saturated heterocycles. The Hall–Kier alpha value is -1.13. The topological polar surface area (TPSA) is 54.4 Å². The molecule has 2 N–H and O–H groups in total. The predicted octanol–water partition coefficient (Wildman–Crippen LogP) is 0.912. The molecule has 0 aliphatic carbocycles. The molecule has 0 bridgehead atoms. The van der Waals surface area contributed by atoms with Crippen molar-refractivity contribution in [1.82, 2.24) is 10.3 Å². The molecule has 4 nitrogen and oxygen atoms in total. The first-order valence-corrected chi connectivity index (χ1v) is 6.09. The molecule has 2 heterocycles. The van der Waals surface area contributed by atoms with Crippen LogP contribution in [0.4, 0.5) is 0 Å². The molecule has 94 valence electrons. The zero-order chi connectivity index (χ0) is 12.3. The Balaban J connectivity index is 2.09. The third kappa shape index (κ3) is 3.17. The summed E-state index contributed by atoms with van der Waals surface area (Å²) in [5, 5.41) is 13.2. The van der Waals surface area contributed by atoms with Gasteiger partial charge in [0, 0.05) is 36.0 Å². The average Bonchev–Trinajstić information content (AvgIpc) is 2.31. The number of aryl methyl sites for hydroxylation is 1. The second-order valence-electron chi connectivity index (χ2n) is 4.66. The number of piperidine rings is 1. The third-order valence-corrected chi connectivity index (χ3v) is 3.25. The van der Waals surface area contributed by atoms with E-state index in [2.05, 4.69) is 10.3 Å². The van der Waals surface area contributed by atoms with Crippen LogP contribution in [-0.2, 0) is 6.42 Å². The quantitative estimate of drug-likeness (QED) is 0.819. The predicted molar refractivity (Wildman–Crippen MR) is 66.2 cm³/mol. The van der Waals surface area contributed by atoms with Crippen LogP contribution in [0, 0.1) is 12.8 Å². The van der Waals surface area contributed by atoms with Crippen LogP contribution in [0.3, 0.4) is 0 Å². The lowest BCUT2D eigenvalue weighted by Gasteiger charge is -2.28. The Bertz CT molecular complexity index is 382. The molecule has 2 unspecified atom stereocenters. The number of aliphatic hydroxyl groups excluding tert-OH is 1. The van der Waals surface area contributed by atoms with E-state index in [1.165, 1.54) is 0 Å². The highest BCUT2D eigenvalue weighted by molar-refractivity contribution is 5.27. The summed E-state index contributed by atoms with van der Waals surface area (Å²) < 4.78 is 5.23. The molecule has 0 amide bonds. The molecule has 17 heavy (non-hydrogen) atoms. The van der Waals surface area contributed by atoms with Crippen molar-refractivity contribution in [1.29, 1.82) is 0 Å². The van der Waals surface area contributed by atoms with Gasteiger partial charge >= 0.3 is 0 Å². The molecule has 4 heteroatoms. The zero-order valence-electron chi connectivity index (χ0n) is 10.4. The van der Waals surface area contributed by atoms with Gasteiger partial charge in [0.2, 0.25) is 0 Å². The summed E-state index contributed by atoms with van der Waals surface area (Å²) in [6, 6.07) is 3.87. The van der Waals surface area contributed by atoms with Gasteiger partial charge in [-0.1, -0.05) is 0 Å². The van der Waals surface area contributed by atoms with E-state index in [0.29, 0.717) is 0 Å². The van der Waals surface area contributed by atoms with E-state index in [0.717, 1.165) is 43.1 Å². The van der Waals surface area contributed by atoms with Gasteiger partial charge in [0.15, 0.2) is 0 Å². The molecule has 1 fully saturated rings. The number of aromatic nitrogens is 1. The maximum absolute atomic E-state index is 9.93. The largest absolute Gasteiger partial charge is 0.497 e. The summed E-state index contributed by atoms with van der Waals surface area (Å²) in [4.78, 5) is 4.49. The first-order chi connectivity index (χ1) is 8.19. The number of methoxy groups -OCH3 is 1. The minimum Gasteiger partial charge on any atom is -0.497 e. The van der Waals surface area contributed by atoms with Gasteiger partial charge in [-0.05, 0) is 26.3 Å². The third-order valence-electron chi connectivity index (χ3n) is 3.25. The standard InChI is InChI=1S/C13H20N2O2/c1-9-5-12(17-2)7-11(15-9)6-10-8-14-4-3-13(10)16/h5,7,10,13-14,16H,3-4,6,8H2,1-2H3. The van der Waals surface area contributed by atoms with Crippen molar-refractivity contribution >= 4 is 0 Å². The molecule has 1 aliphatic rings. The molecule has 0 spiro atoms. The SMILES string of the molecule is COc1cc(C)nc(CC2CNCCC2O)c1. The lowest BCUT2D eigenvalue weighted by atomic mass is 9.91. The van der Waals surface area contributed by atoms with Crippen LogP contribution < -0.4 is 10.1 Å². The lowest BCUT2D eigenvalue weighted by Crippen LogP contribution is -2.41. The number of hydrogen-bond donors (Lipinski definition) is 2. The molecule has 0 radical (unpaired) electrons. The highest BCUT2D eigenvalue weighted by Crippen LogP contribution is 2.20. The minimum atomic E-state index is -0.218. The summed E-state index contributed by atoms with van der Waals surface area (Å²) in [6.07, 6.45) is 1.41. The van der Waals surface area contributed by atoms with Gasteiger partial charge in [0.05, 0.1) is 13.2 Å². The van der Waals surface area contributed by atoms with Gasteiger partial charge in [-0.25, -0.2) is 0 Å². The second-order valence-corrected chi connectivity index (χ2v) is 4.66. The van der Waals surface area contributed by atoms with Crippen LogP contribution in [0.5, 0.6) is 5.75 Å². The average molecular weight is 236 g/mol. The lowest BCUT2D eigenvalue weighted by molar-refractivity contribution is 0.0786. The molecule has 2 atom stereocenters. The normalized spacial score (nSPS) is 24.6. The van der Waals surface area contributed by atoms with Crippen LogP contribution in [-0.4, -0.2) is 36.4 Å². The van der Waals surface area contributed by atoms with Crippen molar-refractivity contribution in [2.45, 2.75) is 25.9 Å². The molecular formula is C13H20N2O2. The summed E-state index contributed by atoms with van der Waals surface area (Å²) in [6.45, 7) is 3.73. The minimum absolute atomic E-state index is 0.218. The molecule has 1 aliphatic heterocycles. The molecule has 2 rings (SSSR count). The fourth-order valence-electron chi connectivity index (χ4n) is 2.31. The highest BCUT2D eigenvalue weighted by atomic mass is 16.5.